The van der Waals surface area contributed by atoms with E-state index in [1.54, 1.807) is 19.1 Å². The molecule has 3 rings (SSSR count). The molecule has 3 N–H and O–H groups in total. The fourth-order valence-corrected chi connectivity index (χ4v) is 4.99. The van der Waals surface area contributed by atoms with E-state index in [0.29, 0.717) is 23.8 Å². The molecule has 0 bridgehead atoms. The molecule has 0 heterocycles. The molecule has 188 valence electrons. The highest BCUT2D eigenvalue weighted by Gasteiger charge is 2.29. The summed E-state index contributed by atoms with van der Waals surface area (Å²) in [6.07, 6.45) is 2.23. The first kappa shape index (κ1) is 28.7. The van der Waals surface area contributed by atoms with Gasteiger partial charge in [0.05, 0.1) is 5.02 Å². The summed E-state index contributed by atoms with van der Waals surface area (Å²) in [7, 11) is 0. The van der Waals surface area contributed by atoms with Crippen LogP contribution in [0.25, 0.3) is 0 Å². The third kappa shape index (κ3) is 7.76. The number of aliphatic hydroxyl groups is 1. The lowest BCUT2D eigenvalue weighted by molar-refractivity contribution is -0.136. The van der Waals surface area contributed by atoms with Gasteiger partial charge in [-0.2, -0.15) is 0 Å². The van der Waals surface area contributed by atoms with Crippen molar-refractivity contribution in [1.82, 2.24) is 5.32 Å². The van der Waals surface area contributed by atoms with Gasteiger partial charge >= 0.3 is 5.97 Å². The van der Waals surface area contributed by atoms with Crippen molar-refractivity contribution in [3.05, 3.63) is 63.1 Å². The summed E-state index contributed by atoms with van der Waals surface area (Å²) < 4.78 is 5.89. The van der Waals surface area contributed by atoms with Crippen LogP contribution in [0, 0.1) is 5.92 Å². The van der Waals surface area contributed by atoms with E-state index in [0.717, 1.165) is 19.3 Å². The number of aryl methyl sites for hydroxylation is 1. The lowest BCUT2D eigenvalue weighted by Crippen LogP contribution is -2.48. The number of aliphatic carboxylic acids is 1. The Balaban J connectivity index is 0.00000408. The van der Waals surface area contributed by atoms with Crippen molar-refractivity contribution in [2.75, 3.05) is 6.54 Å². The molecule has 0 spiro atoms. The molecular weight excluding hydrogens is 497 g/mol. The molecule has 0 radical (unpaired) electrons. The van der Waals surface area contributed by atoms with Crippen molar-refractivity contribution in [2.24, 2.45) is 5.92 Å². The van der Waals surface area contributed by atoms with Crippen LogP contribution in [-0.2, 0) is 24.1 Å². The molecule has 0 saturated carbocycles. The van der Waals surface area contributed by atoms with Crippen LogP contribution < -0.4 is 10.1 Å². The summed E-state index contributed by atoms with van der Waals surface area (Å²) in [5.41, 5.74) is 3.43. The van der Waals surface area contributed by atoms with Gasteiger partial charge in [0.1, 0.15) is 23.0 Å². The fourth-order valence-electron chi connectivity index (χ4n) is 4.51. The van der Waals surface area contributed by atoms with Gasteiger partial charge in [-0.25, -0.2) is 0 Å². The molecular formula is C26H34Cl3NO4. The maximum Gasteiger partial charge on any atom is 0.303 e. The average Bonchev–Trinajstić information content (AvgIpc) is 3.16. The van der Waals surface area contributed by atoms with Crippen molar-refractivity contribution >= 4 is 41.6 Å². The number of β-amino-alcohol motifs (C(OH)–C–C–N with tert-alkyl or cyclic N) is 1. The minimum Gasteiger partial charge on any atom is -0.486 e. The number of rotatable bonds is 11. The third-order valence-electron chi connectivity index (χ3n) is 6.31. The Hall–Kier alpha value is -1.50. The predicted molar refractivity (Wildman–Crippen MR) is 140 cm³/mol. The van der Waals surface area contributed by atoms with E-state index in [4.69, 9.17) is 33.0 Å². The molecule has 0 unspecified atom stereocenters. The van der Waals surface area contributed by atoms with Gasteiger partial charge < -0.3 is 20.3 Å². The van der Waals surface area contributed by atoms with Gasteiger partial charge in [0.15, 0.2) is 0 Å². The predicted octanol–water partition coefficient (Wildman–Crippen LogP) is 5.73. The van der Waals surface area contributed by atoms with E-state index in [1.807, 2.05) is 0 Å². The maximum atomic E-state index is 10.8. The zero-order valence-corrected chi connectivity index (χ0v) is 22.1. The van der Waals surface area contributed by atoms with Crippen LogP contribution in [0.4, 0.5) is 0 Å². The Kier molecular flexibility index (Phi) is 10.5. The van der Waals surface area contributed by atoms with Crippen LogP contribution in [0.5, 0.6) is 5.75 Å². The van der Waals surface area contributed by atoms with E-state index >= 15 is 0 Å². The molecule has 0 fully saturated rings. The van der Waals surface area contributed by atoms with Crippen LogP contribution >= 0.6 is 35.6 Å². The summed E-state index contributed by atoms with van der Waals surface area (Å²) in [5.74, 6) is 0.0683. The number of aliphatic hydroxyl groups excluding tert-OH is 1. The molecule has 0 amide bonds. The van der Waals surface area contributed by atoms with Gasteiger partial charge in [-0.15, -0.1) is 12.4 Å². The Bertz CT molecular complexity index is 958. The summed E-state index contributed by atoms with van der Waals surface area (Å²) >= 11 is 12.6. The van der Waals surface area contributed by atoms with Gasteiger partial charge in [-0.05, 0) is 75.1 Å². The van der Waals surface area contributed by atoms with Crippen LogP contribution in [0.2, 0.25) is 10.0 Å². The second-order valence-electron chi connectivity index (χ2n) is 9.65. The zero-order chi connectivity index (χ0) is 24.2. The van der Waals surface area contributed by atoms with Gasteiger partial charge in [-0.3, -0.25) is 4.79 Å². The first-order chi connectivity index (χ1) is 15.6. The molecule has 0 saturated heterocycles. The molecule has 2 atom stereocenters. The molecule has 1 aliphatic carbocycles. The number of ether oxygens (including phenoxy) is 1. The molecule has 2 aromatic carbocycles. The van der Waals surface area contributed by atoms with E-state index < -0.39 is 18.2 Å². The highest BCUT2D eigenvalue weighted by Crippen LogP contribution is 2.36. The molecule has 1 aliphatic rings. The highest BCUT2D eigenvalue weighted by molar-refractivity contribution is 6.43. The van der Waals surface area contributed by atoms with Gasteiger partial charge in [0, 0.05) is 18.5 Å². The number of carboxylic acids is 1. The minimum atomic E-state index is -0.896. The van der Waals surface area contributed by atoms with Crippen molar-refractivity contribution < 1.29 is 19.7 Å². The maximum absolute atomic E-state index is 10.8. The Morgan fingerprint density at radius 2 is 1.76 bits per heavy atom. The SMILES string of the molecule is C[C@H](Oc1ccc(CCC(=O)O)c(Cl)c1Cl)[C@H](O)CNC(C)(C)CC1Cc2ccccc2C1.Cl. The summed E-state index contributed by atoms with van der Waals surface area (Å²) in [4.78, 5) is 10.8. The van der Waals surface area contributed by atoms with Gasteiger partial charge in [0.2, 0.25) is 0 Å². The van der Waals surface area contributed by atoms with Crippen molar-refractivity contribution in [3.63, 3.8) is 0 Å². The Morgan fingerprint density at radius 1 is 1.15 bits per heavy atom. The molecule has 0 aliphatic heterocycles. The van der Waals surface area contributed by atoms with Gasteiger partial charge in [-0.1, -0.05) is 53.5 Å². The standard InChI is InChI=1S/C26H33Cl2NO4.ClH/c1-16(33-22-10-8-18(9-11-23(31)32)24(27)25(22)28)21(30)15-29-26(2,3)14-17-12-19-6-4-5-7-20(19)13-17;/h4-8,10,16-17,21,29-30H,9,11-15H2,1-3H3,(H,31,32);1H/t16-,21+;/m0./s1. The monoisotopic (exact) mass is 529 g/mol. The fraction of sp³-hybridized carbons (Fsp3) is 0.500. The van der Waals surface area contributed by atoms with E-state index in [1.165, 1.54) is 11.1 Å². The Labute approximate surface area is 218 Å². The highest BCUT2D eigenvalue weighted by atomic mass is 35.5. The molecule has 5 nitrogen and oxygen atoms in total. The molecule has 0 aromatic heterocycles. The number of fused-ring (bicyclic) bond motifs is 1. The molecule has 34 heavy (non-hydrogen) atoms. The van der Waals surface area contributed by atoms with E-state index in [9.17, 15) is 9.90 Å². The van der Waals surface area contributed by atoms with Crippen molar-refractivity contribution in [3.8, 4) is 5.75 Å². The van der Waals surface area contributed by atoms with Crippen LogP contribution in [0.3, 0.4) is 0 Å². The lowest BCUT2D eigenvalue weighted by Gasteiger charge is -2.32. The number of carbonyl (C=O) groups is 1. The first-order valence-electron chi connectivity index (χ1n) is 11.4. The average molecular weight is 531 g/mol. The minimum absolute atomic E-state index is 0. The summed E-state index contributed by atoms with van der Waals surface area (Å²) in [6.45, 7) is 6.51. The summed E-state index contributed by atoms with van der Waals surface area (Å²) in [6, 6.07) is 12.0. The number of hydrogen-bond donors (Lipinski definition) is 3. The van der Waals surface area contributed by atoms with Gasteiger partial charge in [0.25, 0.3) is 0 Å². The number of carboxylic acid groups (broad SMARTS) is 1. The second kappa shape index (κ2) is 12.5. The van der Waals surface area contributed by atoms with Crippen molar-refractivity contribution in [1.29, 1.82) is 0 Å². The van der Waals surface area contributed by atoms with Crippen molar-refractivity contribution in [2.45, 2.75) is 70.6 Å². The topological polar surface area (TPSA) is 78.8 Å². The zero-order valence-electron chi connectivity index (χ0n) is 19.8. The number of nitrogens with one attached hydrogen (secondary N) is 1. The molecule has 8 heteroatoms. The Morgan fingerprint density at radius 3 is 2.35 bits per heavy atom. The number of hydrogen-bond acceptors (Lipinski definition) is 4. The van der Waals surface area contributed by atoms with E-state index in [-0.39, 0.29) is 40.8 Å². The largest absolute Gasteiger partial charge is 0.486 e. The summed E-state index contributed by atoms with van der Waals surface area (Å²) in [5, 5.41) is 23.6. The van der Waals surface area contributed by atoms with Crippen LogP contribution in [0.15, 0.2) is 36.4 Å². The molecule has 2 aromatic rings. The van der Waals surface area contributed by atoms with Crippen LogP contribution in [0.1, 0.15) is 50.3 Å². The normalized spacial score (nSPS) is 15.4. The third-order valence-corrected chi connectivity index (χ3v) is 7.22. The van der Waals surface area contributed by atoms with E-state index in [2.05, 4.69) is 43.4 Å². The van der Waals surface area contributed by atoms with Crippen LogP contribution in [-0.4, -0.2) is 40.5 Å². The number of benzene rings is 2. The first-order valence-corrected chi connectivity index (χ1v) is 12.2. The lowest BCUT2D eigenvalue weighted by atomic mass is 9.88. The quantitative estimate of drug-likeness (QED) is 0.346. The second-order valence-corrected chi connectivity index (χ2v) is 10.4. The smallest absolute Gasteiger partial charge is 0.303 e. The number of halogens is 3.